The summed E-state index contributed by atoms with van der Waals surface area (Å²) in [4.78, 5) is 0. The van der Waals surface area contributed by atoms with Crippen molar-refractivity contribution < 1.29 is 9.52 Å². The fraction of sp³-hybridized carbons (Fsp3) is 0.600. The molecule has 1 heterocycles. The molecule has 2 unspecified atom stereocenters. The van der Waals surface area contributed by atoms with Crippen LogP contribution in [0.15, 0.2) is 21.4 Å². The SMILES string of the molecule is OC1CCCC1NCc1coc(Br)c1. The summed E-state index contributed by atoms with van der Waals surface area (Å²) in [6.07, 6.45) is 4.66. The monoisotopic (exact) mass is 259 g/mol. The molecule has 1 aromatic rings. The van der Waals surface area contributed by atoms with Crippen molar-refractivity contribution in [3.63, 3.8) is 0 Å². The summed E-state index contributed by atoms with van der Waals surface area (Å²) in [5, 5.41) is 12.9. The number of halogens is 1. The largest absolute Gasteiger partial charge is 0.457 e. The van der Waals surface area contributed by atoms with Crippen LogP contribution in [0.2, 0.25) is 0 Å². The van der Waals surface area contributed by atoms with Crippen molar-refractivity contribution in [1.82, 2.24) is 5.32 Å². The van der Waals surface area contributed by atoms with Gasteiger partial charge in [0.05, 0.1) is 12.4 Å². The van der Waals surface area contributed by atoms with Crippen molar-refractivity contribution in [1.29, 1.82) is 0 Å². The van der Waals surface area contributed by atoms with Gasteiger partial charge in [-0.25, -0.2) is 0 Å². The van der Waals surface area contributed by atoms with Crippen LogP contribution < -0.4 is 5.32 Å². The zero-order valence-corrected chi connectivity index (χ0v) is 9.46. The molecular formula is C10H14BrNO2. The third kappa shape index (κ3) is 2.38. The summed E-state index contributed by atoms with van der Waals surface area (Å²) in [6, 6.07) is 2.19. The molecule has 0 amide bonds. The highest BCUT2D eigenvalue weighted by atomic mass is 79.9. The summed E-state index contributed by atoms with van der Waals surface area (Å²) >= 11 is 3.25. The second-order valence-electron chi connectivity index (χ2n) is 3.74. The molecule has 4 heteroatoms. The predicted octanol–water partition coefficient (Wildman–Crippen LogP) is 2.05. The van der Waals surface area contributed by atoms with Crippen LogP contribution in [0.1, 0.15) is 24.8 Å². The van der Waals surface area contributed by atoms with Crippen molar-refractivity contribution in [2.45, 2.75) is 38.0 Å². The number of rotatable bonds is 3. The molecule has 0 aliphatic heterocycles. The van der Waals surface area contributed by atoms with Crippen LogP contribution in [-0.2, 0) is 6.54 Å². The lowest BCUT2D eigenvalue weighted by molar-refractivity contribution is 0.148. The van der Waals surface area contributed by atoms with E-state index in [2.05, 4.69) is 21.2 Å². The molecule has 78 valence electrons. The topological polar surface area (TPSA) is 45.4 Å². The smallest absolute Gasteiger partial charge is 0.169 e. The number of hydrogen-bond acceptors (Lipinski definition) is 3. The van der Waals surface area contributed by atoms with Crippen LogP contribution in [-0.4, -0.2) is 17.3 Å². The van der Waals surface area contributed by atoms with Crippen LogP contribution in [0.3, 0.4) is 0 Å². The molecule has 0 bridgehead atoms. The normalized spacial score (nSPS) is 27.0. The van der Waals surface area contributed by atoms with E-state index in [1.807, 2.05) is 6.07 Å². The molecule has 1 aliphatic rings. The first kappa shape index (κ1) is 10.2. The summed E-state index contributed by atoms with van der Waals surface area (Å²) in [5.41, 5.74) is 1.11. The minimum atomic E-state index is -0.176. The summed E-state index contributed by atoms with van der Waals surface area (Å²) in [6.45, 7) is 0.761. The third-order valence-electron chi connectivity index (χ3n) is 2.67. The minimum Gasteiger partial charge on any atom is -0.457 e. The average molecular weight is 260 g/mol. The van der Waals surface area contributed by atoms with E-state index in [1.165, 1.54) is 0 Å². The van der Waals surface area contributed by atoms with Crippen molar-refractivity contribution in [3.8, 4) is 0 Å². The van der Waals surface area contributed by atoms with Gasteiger partial charge in [-0.05, 0) is 41.3 Å². The van der Waals surface area contributed by atoms with E-state index in [9.17, 15) is 5.11 Å². The Labute approximate surface area is 91.6 Å². The molecule has 0 saturated heterocycles. The Hall–Kier alpha value is -0.320. The second-order valence-corrected chi connectivity index (χ2v) is 4.53. The maximum Gasteiger partial charge on any atom is 0.169 e. The van der Waals surface area contributed by atoms with Crippen molar-refractivity contribution in [3.05, 3.63) is 22.6 Å². The molecule has 1 saturated carbocycles. The molecule has 1 fully saturated rings. The minimum absolute atomic E-state index is 0.176. The fourth-order valence-electron chi connectivity index (χ4n) is 1.87. The maximum absolute atomic E-state index is 9.58. The standard InChI is InChI=1S/C10H14BrNO2/c11-10-4-7(6-14-10)5-12-8-2-1-3-9(8)13/h4,6,8-9,12-13H,1-3,5H2. The van der Waals surface area contributed by atoms with E-state index in [-0.39, 0.29) is 12.1 Å². The average Bonchev–Trinajstić information content (AvgIpc) is 2.72. The van der Waals surface area contributed by atoms with Crippen molar-refractivity contribution in [2.24, 2.45) is 0 Å². The highest BCUT2D eigenvalue weighted by Gasteiger charge is 2.24. The lowest BCUT2D eigenvalue weighted by Crippen LogP contribution is -2.34. The molecule has 1 aromatic heterocycles. The highest BCUT2D eigenvalue weighted by Crippen LogP contribution is 2.20. The molecular weight excluding hydrogens is 246 g/mol. The van der Waals surface area contributed by atoms with E-state index in [1.54, 1.807) is 6.26 Å². The number of hydrogen-bond donors (Lipinski definition) is 2. The summed E-state index contributed by atoms with van der Waals surface area (Å²) in [5.74, 6) is 0. The molecule has 0 aromatic carbocycles. The number of aliphatic hydroxyl groups is 1. The Morgan fingerprint density at radius 3 is 3.00 bits per heavy atom. The van der Waals surface area contributed by atoms with Crippen LogP contribution in [0.5, 0.6) is 0 Å². The van der Waals surface area contributed by atoms with Crippen molar-refractivity contribution in [2.75, 3.05) is 0 Å². The van der Waals surface area contributed by atoms with E-state index >= 15 is 0 Å². The van der Waals surface area contributed by atoms with Crippen LogP contribution >= 0.6 is 15.9 Å². The molecule has 0 radical (unpaired) electrons. The highest BCUT2D eigenvalue weighted by molar-refractivity contribution is 9.10. The van der Waals surface area contributed by atoms with E-state index in [4.69, 9.17) is 4.42 Å². The Morgan fingerprint density at radius 1 is 1.57 bits per heavy atom. The summed E-state index contributed by atoms with van der Waals surface area (Å²) < 4.78 is 5.87. The van der Waals surface area contributed by atoms with Gasteiger partial charge >= 0.3 is 0 Å². The zero-order chi connectivity index (χ0) is 9.97. The van der Waals surface area contributed by atoms with Gasteiger partial charge in [0.15, 0.2) is 4.67 Å². The zero-order valence-electron chi connectivity index (χ0n) is 7.87. The van der Waals surface area contributed by atoms with Gasteiger partial charge in [0, 0.05) is 18.2 Å². The Morgan fingerprint density at radius 2 is 2.43 bits per heavy atom. The molecule has 0 spiro atoms. The van der Waals surface area contributed by atoms with Gasteiger partial charge in [0.1, 0.15) is 0 Å². The van der Waals surface area contributed by atoms with E-state index in [0.717, 1.165) is 36.0 Å². The van der Waals surface area contributed by atoms with E-state index in [0.29, 0.717) is 0 Å². The van der Waals surface area contributed by atoms with Crippen LogP contribution in [0.4, 0.5) is 0 Å². The third-order valence-corrected chi connectivity index (χ3v) is 3.09. The number of aliphatic hydroxyl groups excluding tert-OH is 1. The van der Waals surface area contributed by atoms with Gasteiger partial charge < -0.3 is 14.8 Å². The number of furan rings is 1. The predicted molar refractivity (Wildman–Crippen MR) is 56.9 cm³/mol. The van der Waals surface area contributed by atoms with Gasteiger partial charge in [0.25, 0.3) is 0 Å². The van der Waals surface area contributed by atoms with Gasteiger partial charge in [-0.1, -0.05) is 0 Å². The van der Waals surface area contributed by atoms with Crippen LogP contribution in [0.25, 0.3) is 0 Å². The fourth-order valence-corrected chi connectivity index (χ4v) is 2.25. The Balaban J connectivity index is 1.82. The molecule has 1 aliphatic carbocycles. The van der Waals surface area contributed by atoms with Gasteiger partial charge in [-0.2, -0.15) is 0 Å². The molecule has 3 nitrogen and oxygen atoms in total. The summed E-state index contributed by atoms with van der Waals surface area (Å²) in [7, 11) is 0. The molecule has 2 rings (SSSR count). The van der Waals surface area contributed by atoms with Gasteiger partial charge in [-0.15, -0.1) is 0 Å². The Bertz CT molecular complexity index is 300. The Kier molecular flexibility index (Phi) is 3.26. The first-order chi connectivity index (χ1) is 6.75. The van der Waals surface area contributed by atoms with E-state index < -0.39 is 0 Å². The van der Waals surface area contributed by atoms with Gasteiger partial charge in [-0.3, -0.25) is 0 Å². The second kappa shape index (κ2) is 4.47. The lowest BCUT2D eigenvalue weighted by Gasteiger charge is -2.15. The quantitative estimate of drug-likeness (QED) is 0.874. The first-order valence-corrected chi connectivity index (χ1v) is 5.69. The first-order valence-electron chi connectivity index (χ1n) is 4.90. The maximum atomic E-state index is 9.58. The van der Waals surface area contributed by atoms with Crippen molar-refractivity contribution >= 4 is 15.9 Å². The molecule has 2 N–H and O–H groups in total. The molecule has 2 atom stereocenters. The lowest BCUT2D eigenvalue weighted by atomic mass is 10.2. The number of nitrogens with one attached hydrogen (secondary N) is 1. The molecule has 14 heavy (non-hydrogen) atoms. The van der Waals surface area contributed by atoms with Crippen LogP contribution in [0, 0.1) is 0 Å². The van der Waals surface area contributed by atoms with Gasteiger partial charge in [0.2, 0.25) is 0 Å².